The van der Waals surface area contributed by atoms with E-state index in [9.17, 15) is 14.4 Å². The fourth-order valence-corrected chi connectivity index (χ4v) is 2.01. The molecule has 0 saturated carbocycles. The number of carbonyl (C=O) groups excluding carboxylic acids is 3. The largest absolute Gasteiger partial charge is 0.353 e. The zero-order chi connectivity index (χ0) is 14.4. The van der Waals surface area contributed by atoms with Crippen LogP contribution in [0.5, 0.6) is 0 Å². The number of likely N-dealkylation sites (tertiary alicyclic amines) is 1. The van der Waals surface area contributed by atoms with Crippen LogP contribution in [0, 0.1) is 0 Å². The monoisotopic (exact) mass is 269 g/mol. The summed E-state index contributed by atoms with van der Waals surface area (Å²) in [6.45, 7) is 5.21. The maximum Gasteiger partial charge on any atom is 0.236 e. The van der Waals surface area contributed by atoms with Crippen LogP contribution in [-0.4, -0.2) is 66.7 Å². The number of likely N-dealkylation sites (N-methyl/N-ethyl adjacent to an activating group) is 1. The number of hydrogen-bond donors (Lipinski definition) is 1. The van der Waals surface area contributed by atoms with Gasteiger partial charge in [0.05, 0.1) is 13.1 Å². The summed E-state index contributed by atoms with van der Waals surface area (Å²) in [6.07, 6.45) is 0.895. The summed E-state index contributed by atoms with van der Waals surface area (Å²) in [4.78, 5) is 38.0. The lowest BCUT2D eigenvalue weighted by Crippen LogP contribution is -2.46. The third kappa shape index (κ3) is 5.83. The fraction of sp³-hybridized carbons (Fsp3) is 0.769. The number of carbonyl (C=O) groups is 3. The van der Waals surface area contributed by atoms with Crippen molar-refractivity contribution < 1.29 is 14.4 Å². The van der Waals surface area contributed by atoms with Gasteiger partial charge in [-0.2, -0.15) is 0 Å². The van der Waals surface area contributed by atoms with E-state index in [4.69, 9.17) is 0 Å². The second kappa shape index (κ2) is 7.23. The third-order valence-corrected chi connectivity index (χ3v) is 2.94. The quantitative estimate of drug-likeness (QED) is 0.739. The summed E-state index contributed by atoms with van der Waals surface area (Å²) in [6, 6.07) is 0.102. The summed E-state index contributed by atoms with van der Waals surface area (Å²) in [5.74, 6) is 0.111. The molecule has 6 heteroatoms. The van der Waals surface area contributed by atoms with Crippen molar-refractivity contribution in [1.29, 1.82) is 0 Å². The van der Waals surface area contributed by atoms with E-state index in [0.29, 0.717) is 25.9 Å². The highest BCUT2D eigenvalue weighted by molar-refractivity contribution is 5.84. The van der Waals surface area contributed by atoms with E-state index < -0.39 is 0 Å². The average Bonchev–Trinajstić information content (AvgIpc) is 2.27. The molecule has 1 N–H and O–H groups in total. The van der Waals surface area contributed by atoms with Crippen LogP contribution in [0.25, 0.3) is 0 Å². The van der Waals surface area contributed by atoms with Gasteiger partial charge in [0.25, 0.3) is 0 Å². The molecule has 0 aliphatic carbocycles. The normalized spacial score (nSPS) is 16.1. The summed E-state index contributed by atoms with van der Waals surface area (Å²) in [5, 5.41) is 2.78. The molecular weight excluding hydrogens is 246 g/mol. The van der Waals surface area contributed by atoms with E-state index in [2.05, 4.69) is 5.32 Å². The molecule has 1 fully saturated rings. The molecule has 0 radical (unpaired) electrons. The van der Waals surface area contributed by atoms with E-state index in [1.165, 1.54) is 0 Å². The average molecular weight is 269 g/mol. The SMILES string of the molecule is CC(C)NC(=O)CN(C)CC(=O)N1CCC(=O)CC1. The Balaban J connectivity index is 2.31. The van der Waals surface area contributed by atoms with Crippen LogP contribution in [0.15, 0.2) is 0 Å². The molecule has 0 aromatic heterocycles. The maximum absolute atomic E-state index is 12.0. The second-order valence-corrected chi connectivity index (χ2v) is 5.31. The van der Waals surface area contributed by atoms with Gasteiger partial charge in [-0.1, -0.05) is 0 Å². The Labute approximate surface area is 114 Å². The Bertz CT molecular complexity index is 345. The second-order valence-electron chi connectivity index (χ2n) is 5.31. The maximum atomic E-state index is 12.0. The molecule has 1 saturated heterocycles. The van der Waals surface area contributed by atoms with Crippen LogP contribution < -0.4 is 5.32 Å². The van der Waals surface area contributed by atoms with E-state index in [1.807, 2.05) is 13.8 Å². The molecular formula is C13H23N3O3. The Kier molecular flexibility index (Phi) is 5.95. The molecule has 0 bridgehead atoms. The van der Waals surface area contributed by atoms with Crippen LogP contribution in [0.2, 0.25) is 0 Å². The Morgan fingerprint density at radius 2 is 1.84 bits per heavy atom. The summed E-state index contributed by atoms with van der Waals surface area (Å²) in [5.41, 5.74) is 0. The van der Waals surface area contributed by atoms with Crippen molar-refractivity contribution in [2.24, 2.45) is 0 Å². The molecule has 1 aliphatic rings. The Morgan fingerprint density at radius 1 is 1.26 bits per heavy atom. The molecule has 1 heterocycles. The van der Waals surface area contributed by atoms with Gasteiger partial charge < -0.3 is 10.2 Å². The minimum Gasteiger partial charge on any atom is -0.353 e. The van der Waals surface area contributed by atoms with Crippen molar-refractivity contribution in [3.05, 3.63) is 0 Å². The first-order valence-corrected chi connectivity index (χ1v) is 6.66. The number of Topliss-reactive ketones (excluding diaryl/α,β-unsaturated/α-hetero) is 1. The minimum absolute atomic E-state index is 0.0210. The highest BCUT2D eigenvalue weighted by atomic mass is 16.2. The van der Waals surface area contributed by atoms with Crippen LogP contribution in [-0.2, 0) is 14.4 Å². The third-order valence-electron chi connectivity index (χ3n) is 2.94. The van der Waals surface area contributed by atoms with E-state index in [-0.39, 0.29) is 36.7 Å². The van der Waals surface area contributed by atoms with Crippen LogP contribution in [0.4, 0.5) is 0 Å². The van der Waals surface area contributed by atoms with E-state index in [1.54, 1.807) is 16.8 Å². The molecule has 0 atom stereocenters. The van der Waals surface area contributed by atoms with Gasteiger partial charge in [0, 0.05) is 32.0 Å². The zero-order valence-electron chi connectivity index (χ0n) is 11.9. The van der Waals surface area contributed by atoms with Crippen molar-refractivity contribution in [2.45, 2.75) is 32.7 Å². The number of ketones is 1. The predicted molar refractivity (Wildman–Crippen MR) is 71.6 cm³/mol. The number of nitrogens with one attached hydrogen (secondary N) is 1. The number of piperidine rings is 1. The number of rotatable bonds is 5. The van der Waals surface area contributed by atoms with Gasteiger partial charge in [0.2, 0.25) is 11.8 Å². The topological polar surface area (TPSA) is 69.7 Å². The van der Waals surface area contributed by atoms with Crippen molar-refractivity contribution in [3.63, 3.8) is 0 Å². The van der Waals surface area contributed by atoms with Gasteiger partial charge in [0.1, 0.15) is 5.78 Å². The molecule has 19 heavy (non-hydrogen) atoms. The highest BCUT2D eigenvalue weighted by Crippen LogP contribution is 2.06. The van der Waals surface area contributed by atoms with Gasteiger partial charge in [-0.25, -0.2) is 0 Å². The van der Waals surface area contributed by atoms with E-state index in [0.717, 1.165) is 0 Å². The van der Waals surface area contributed by atoms with Gasteiger partial charge in [-0.15, -0.1) is 0 Å². The molecule has 0 unspecified atom stereocenters. The van der Waals surface area contributed by atoms with Gasteiger partial charge in [-0.05, 0) is 20.9 Å². The summed E-state index contributed by atoms with van der Waals surface area (Å²) >= 11 is 0. The molecule has 0 spiro atoms. The van der Waals surface area contributed by atoms with Crippen molar-refractivity contribution in [3.8, 4) is 0 Å². The number of amides is 2. The van der Waals surface area contributed by atoms with Gasteiger partial charge >= 0.3 is 0 Å². The van der Waals surface area contributed by atoms with Gasteiger partial charge in [0.15, 0.2) is 0 Å². The Hall–Kier alpha value is -1.43. The summed E-state index contributed by atoms with van der Waals surface area (Å²) in [7, 11) is 1.74. The lowest BCUT2D eigenvalue weighted by Gasteiger charge is -2.28. The molecule has 108 valence electrons. The smallest absolute Gasteiger partial charge is 0.236 e. The lowest BCUT2D eigenvalue weighted by atomic mass is 10.1. The van der Waals surface area contributed by atoms with Gasteiger partial charge in [-0.3, -0.25) is 19.3 Å². The van der Waals surface area contributed by atoms with E-state index >= 15 is 0 Å². The molecule has 0 aromatic rings. The van der Waals surface area contributed by atoms with Crippen LogP contribution in [0.1, 0.15) is 26.7 Å². The first-order valence-electron chi connectivity index (χ1n) is 6.66. The van der Waals surface area contributed by atoms with Crippen molar-refractivity contribution in [2.75, 3.05) is 33.2 Å². The minimum atomic E-state index is -0.0841. The molecule has 2 amide bonds. The predicted octanol–water partition coefficient (Wildman–Crippen LogP) is -0.366. The first kappa shape index (κ1) is 15.6. The summed E-state index contributed by atoms with van der Waals surface area (Å²) < 4.78 is 0. The standard InChI is InChI=1S/C13H23N3O3/c1-10(2)14-12(18)8-15(3)9-13(19)16-6-4-11(17)5-7-16/h10H,4-9H2,1-3H3,(H,14,18). The fourth-order valence-electron chi connectivity index (χ4n) is 2.01. The number of nitrogens with zero attached hydrogens (tertiary/aromatic N) is 2. The van der Waals surface area contributed by atoms with Crippen molar-refractivity contribution >= 4 is 17.6 Å². The zero-order valence-corrected chi connectivity index (χ0v) is 11.9. The molecule has 0 aromatic carbocycles. The number of hydrogen-bond acceptors (Lipinski definition) is 4. The molecule has 1 aliphatic heterocycles. The lowest BCUT2D eigenvalue weighted by molar-refractivity contribution is -0.135. The molecule has 6 nitrogen and oxygen atoms in total. The van der Waals surface area contributed by atoms with Crippen molar-refractivity contribution in [1.82, 2.24) is 15.1 Å². The highest BCUT2D eigenvalue weighted by Gasteiger charge is 2.22. The van der Waals surface area contributed by atoms with Crippen LogP contribution in [0.3, 0.4) is 0 Å². The Morgan fingerprint density at radius 3 is 2.37 bits per heavy atom. The molecule has 1 rings (SSSR count). The van der Waals surface area contributed by atoms with Crippen LogP contribution >= 0.6 is 0 Å². The first-order chi connectivity index (χ1) is 8.88.